The SMILES string of the molecule is CCCC(CC)O[SiH3]. The van der Waals surface area contributed by atoms with Crippen molar-refractivity contribution in [3.63, 3.8) is 0 Å². The summed E-state index contributed by atoms with van der Waals surface area (Å²) >= 11 is 0. The van der Waals surface area contributed by atoms with Gasteiger partial charge in [0, 0.05) is 6.10 Å². The molecule has 50 valence electrons. The predicted octanol–water partition coefficient (Wildman–Crippen LogP) is 0.862. The highest BCUT2D eigenvalue weighted by atomic mass is 28.2. The van der Waals surface area contributed by atoms with E-state index in [1.165, 1.54) is 19.3 Å². The summed E-state index contributed by atoms with van der Waals surface area (Å²) < 4.78 is 5.28. The molecule has 0 heterocycles. The second kappa shape index (κ2) is 5.32. The number of hydrogen-bond acceptors (Lipinski definition) is 1. The van der Waals surface area contributed by atoms with Gasteiger partial charge in [-0.25, -0.2) is 0 Å². The molecule has 0 radical (unpaired) electrons. The van der Waals surface area contributed by atoms with E-state index in [0.717, 1.165) is 10.5 Å². The van der Waals surface area contributed by atoms with Crippen molar-refractivity contribution in [3.05, 3.63) is 0 Å². The summed E-state index contributed by atoms with van der Waals surface area (Å²) in [7, 11) is 0.896. The molecule has 1 nitrogen and oxygen atoms in total. The standard InChI is InChI=1S/C6H16OSi/c1-3-5-6(4-2)7-8/h6H,3-5H2,1-2,8H3. The van der Waals surface area contributed by atoms with E-state index in [4.69, 9.17) is 4.43 Å². The fourth-order valence-electron chi connectivity index (χ4n) is 0.811. The third kappa shape index (κ3) is 3.21. The van der Waals surface area contributed by atoms with Crippen molar-refractivity contribution in [1.82, 2.24) is 0 Å². The Morgan fingerprint density at radius 2 is 2.12 bits per heavy atom. The van der Waals surface area contributed by atoms with Crippen LogP contribution in [-0.4, -0.2) is 16.6 Å². The monoisotopic (exact) mass is 132 g/mol. The lowest BCUT2D eigenvalue weighted by Gasteiger charge is -2.10. The first kappa shape index (κ1) is 8.18. The molecule has 0 aromatic heterocycles. The average molecular weight is 132 g/mol. The molecule has 1 atom stereocenters. The maximum absolute atomic E-state index is 5.28. The van der Waals surface area contributed by atoms with Crippen LogP contribution in [0.5, 0.6) is 0 Å². The molecule has 0 spiro atoms. The topological polar surface area (TPSA) is 9.23 Å². The first-order valence-electron chi connectivity index (χ1n) is 3.37. The summed E-state index contributed by atoms with van der Waals surface area (Å²) in [6, 6.07) is 0. The van der Waals surface area contributed by atoms with E-state index in [-0.39, 0.29) is 0 Å². The Hall–Kier alpha value is 0.177. The van der Waals surface area contributed by atoms with Crippen molar-refractivity contribution < 1.29 is 4.43 Å². The first-order chi connectivity index (χ1) is 3.85. The van der Waals surface area contributed by atoms with E-state index in [1.54, 1.807) is 0 Å². The van der Waals surface area contributed by atoms with Crippen LogP contribution in [0.3, 0.4) is 0 Å². The summed E-state index contributed by atoms with van der Waals surface area (Å²) in [5.41, 5.74) is 0. The van der Waals surface area contributed by atoms with Crippen molar-refractivity contribution in [1.29, 1.82) is 0 Å². The Bertz CT molecular complexity index is 43.8. The molecule has 0 saturated carbocycles. The molecule has 0 rings (SSSR count). The van der Waals surface area contributed by atoms with Gasteiger partial charge in [0.15, 0.2) is 0 Å². The Morgan fingerprint density at radius 1 is 1.50 bits per heavy atom. The molecule has 1 unspecified atom stereocenters. The van der Waals surface area contributed by atoms with Gasteiger partial charge in [0.05, 0.1) is 0 Å². The normalized spacial score (nSPS) is 14.2. The van der Waals surface area contributed by atoms with Crippen molar-refractivity contribution in [2.24, 2.45) is 0 Å². The fraction of sp³-hybridized carbons (Fsp3) is 1.00. The predicted molar refractivity (Wildman–Crippen MR) is 40.0 cm³/mol. The van der Waals surface area contributed by atoms with E-state index in [1.807, 2.05) is 0 Å². The summed E-state index contributed by atoms with van der Waals surface area (Å²) in [6.45, 7) is 4.38. The van der Waals surface area contributed by atoms with Gasteiger partial charge in [0.1, 0.15) is 10.5 Å². The second-order valence-corrected chi connectivity index (χ2v) is 2.53. The van der Waals surface area contributed by atoms with Crippen LogP contribution in [-0.2, 0) is 4.43 Å². The maximum Gasteiger partial charge on any atom is 0.146 e. The molecule has 8 heavy (non-hydrogen) atoms. The molecule has 0 aliphatic heterocycles. The Balaban J connectivity index is 3.07. The first-order valence-corrected chi connectivity index (χ1v) is 4.19. The van der Waals surface area contributed by atoms with Gasteiger partial charge in [-0.15, -0.1) is 0 Å². The summed E-state index contributed by atoms with van der Waals surface area (Å²) in [5.74, 6) is 0. The van der Waals surface area contributed by atoms with Crippen molar-refractivity contribution >= 4 is 10.5 Å². The van der Waals surface area contributed by atoms with Crippen LogP contribution in [0.1, 0.15) is 33.1 Å². The molecule has 2 heteroatoms. The fourth-order valence-corrected chi connectivity index (χ4v) is 1.38. The highest BCUT2D eigenvalue weighted by Crippen LogP contribution is 2.02. The van der Waals surface area contributed by atoms with E-state index in [9.17, 15) is 0 Å². The third-order valence-electron chi connectivity index (χ3n) is 1.40. The lowest BCUT2D eigenvalue weighted by atomic mass is 10.2. The zero-order valence-corrected chi connectivity index (χ0v) is 8.11. The molecule has 0 aliphatic rings. The van der Waals surface area contributed by atoms with Crippen LogP contribution in [0.4, 0.5) is 0 Å². The van der Waals surface area contributed by atoms with Crippen LogP contribution >= 0.6 is 0 Å². The van der Waals surface area contributed by atoms with Crippen LogP contribution in [0, 0.1) is 0 Å². The largest absolute Gasteiger partial charge is 0.425 e. The van der Waals surface area contributed by atoms with Gasteiger partial charge in [-0.3, -0.25) is 0 Å². The van der Waals surface area contributed by atoms with Gasteiger partial charge >= 0.3 is 0 Å². The van der Waals surface area contributed by atoms with Crippen LogP contribution in [0.2, 0.25) is 0 Å². The molecular weight excluding hydrogens is 116 g/mol. The number of hydrogen-bond donors (Lipinski definition) is 0. The molecule has 0 bridgehead atoms. The molecule has 0 saturated heterocycles. The molecule has 0 N–H and O–H groups in total. The van der Waals surface area contributed by atoms with Crippen molar-refractivity contribution in [2.75, 3.05) is 0 Å². The zero-order chi connectivity index (χ0) is 6.41. The van der Waals surface area contributed by atoms with E-state index < -0.39 is 0 Å². The highest BCUT2D eigenvalue weighted by Gasteiger charge is 1.98. The lowest BCUT2D eigenvalue weighted by Crippen LogP contribution is -2.08. The van der Waals surface area contributed by atoms with Gasteiger partial charge in [0.25, 0.3) is 0 Å². The van der Waals surface area contributed by atoms with Crippen molar-refractivity contribution in [3.8, 4) is 0 Å². The van der Waals surface area contributed by atoms with E-state index >= 15 is 0 Å². The number of rotatable bonds is 4. The molecular formula is C6H16OSi. The maximum atomic E-state index is 5.28. The van der Waals surface area contributed by atoms with Gasteiger partial charge in [0.2, 0.25) is 0 Å². The summed E-state index contributed by atoms with van der Waals surface area (Å²) in [5, 5.41) is 0. The zero-order valence-electron chi connectivity index (χ0n) is 6.11. The molecule has 0 aliphatic carbocycles. The minimum Gasteiger partial charge on any atom is -0.425 e. The minimum absolute atomic E-state index is 0.562. The lowest BCUT2D eigenvalue weighted by molar-refractivity contribution is 0.204. The second-order valence-electron chi connectivity index (χ2n) is 2.05. The smallest absolute Gasteiger partial charge is 0.146 e. The Kier molecular flexibility index (Phi) is 5.43. The molecule has 0 aromatic carbocycles. The molecule has 0 amide bonds. The minimum atomic E-state index is 0.562. The molecule has 0 aromatic rings. The van der Waals surface area contributed by atoms with Gasteiger partial charge < -0.3 is 4.43 Å². The Morgan fingerprint density at radius 3 is 2.25 bits per heavy atom. The highest BCUT2D eigenvalue weighted by molar-refractivity contribution is 5.98. The van der Waals surface area contributed by atoms with Gasteiger partial charge in [-0.05, 0) is 12.8 Å². The quantitative estimate of drug-likeness (QED) is 0.516. The van der Waals surface area contributed by atoms with Crippen LogP contribution in [0.25, 0.3) is 0 Å². The van der Waals surface area contributed by atoms with Gasteiger partial charge in [-0.2, -0.15) is 0 Å². The van der Waals surface area contributed by atoms with Crippen molar-refractivity contribution in [2.45, 2.75) is 39.2 Å². The third-order valence-corrected chi connectivity index (χ3v) is 2.07. The van der Waals surface area contributed by atoms with E-state index in [2.05, 4.69) is 13.8 Å². The summed E-state index contributed by atoms with van der Waals surface area (Å²) in [6.07, 6.45) is 4.23. The Labute approximate surface area is 55.0 Å². The average Bonchev–Trinajstić information content (AvgIpc) is 1.83. The van der Waals surface area contributed by atoms with Gasteiger partial charge in [-0.1, -0.05) is 20.3 Å². The van der Waals surface area contributed by atoms with Crippen LogP contribution < -0.4 is 0 Å². The molecule has 0 fully saturated rings. The summed E-state index contributed by atoms with van der Waals surface area (Å²) in [4.78, 5) is 0. The van der Waals surface area contributed by atoms with E-state index in [0.29, 0.717) is 6.10 Å². The van der Waals surface area contributed by atoms with Crippen LogP contribution in [0.15, 0.2) is 0 Å².